The van der Waals surface area contributed by atoms with Crippen LogP contribution in [0.3, 0.4) is 0 Å². The lowest BCUT2D eigenvalue weighted by atomic mass is 9.93. The van der Waals surface area contributed by atoms with Crippen LogP contribution in [0, 0.1) is 19.8 Å². The van der Waals surface area contributed by atoms with Gasteiger partial charge in [0.05, 0.1) is 4.90 Å². The highest BCUT2D eigenvalue weighted by Crippen LogP contribution is 2.24. The number of primary sulfonamides is 1. The number of nitrogens with zero attached hydrogens (tertiary/aromatic N) is 1. The van der Waals surface area contributed by atoms with Crippen LogP contribution in [0.15, 0.2) is 17.0 Å². The number of amides is 1. The maximum absolute atomic E-state index is 12.7. The van der Waals surface area contributed by atoms with Crippen molar-refractivity contribution in [1.82, 2.24) is 10.2 Å². The summed E-state index contributed by atoms with van der Waals surface area (Å²) in [4.78, 5) is 14.6. The van der Waals surface area contributed by atoms with Gasteiger partial charge in [-0.05, 0) is 75.9 Å². The van der Waals surface area contributed by atoms with Crippen LogP contribution in [0.4, 0.5) is 0 Å². The van der Waals surface area contributed by atoms with Gasteiger partial charge >= 0.3 is 0 Å². The van der Waals surface area contributed by atoms with Crippen LogP contribution < -0.4 is 10.5 Å². The first-order valence-corrected chi connectivity index (χ1v) is 9.86. The average molecular weight is 353 g/mol. The van der Waals surface area contributed by atoms with Crippen LogP contribution >= 0.6 is 0 Å². The fraction of sp³-hybridized carbons (Fsp3) is 0.588. The number of carbonyl (C=O) groups is 1. The van der Waals surface area contributed by atoms with Crippen molar-refractivity contribution in [3.05, 3.63) is 28.8 Å². The molecule has 0 saturated carbocycles. The molecule has 0 spiro atoms. The number of benzene rings is 1. The summed E-state index contributed by atoms with van der Waals surface area (Å²) in [5, 5.41) is 8.44. The van der Waals surface area contributed by atoms with Crippen LogP contribution in [0.5, 0.6) is 0 Å². The van der Waals surface area contributed by atoms with Crippen molar-refractivity contribution in [2.24, 2.45) is 11.1 Å². The lowest BCUT2D eigenvalue weighted by Crippen LogP contribution is -2.39. The van der Waals surface area contributed by atoms with E-state index >= 15 is 0 Å². The number of nitrogens with one attached hydrogen (secondary N) is 1. The first kappa shape index (κ1) is 18.9. The Morgan fingerprint density at radius 1 is 1.29 bits per heavy atom. The topological polar surface area (TPSA) is 92.5 Å². The smallest absolute Gasteiger partial charge is 0.253 e. The zero-order valence-electron chi connectivity index (χ0n) is 14.6. The van der Waals surface area contributed by atoms with Gasteiger partial charge in [-0.2, -0.15) is 0 Å². The summed E-state index contributed by atoms with van der Waals surface area (Å²) < 4.78 is 23.5. The molecule has 0 aliphatic carbocycles. The van der Waals surface area contributed by atoms with Gasteiger partial charge in [-0.15, -0.1) is 0 Å². The first-order valence-electron chi connectivity index (χ1n) is 8.32. The molecular formula is C17H27N3O3S. The number of carbonyl (C=O) groups excluding carboxylic acids is 1. The SMILES string of the molecule is CNCCC1CCN(C(=O)c2cc(C)c(C)c(S(N)(=O)=O)c2)CC1. The first-order chi connectivity index (χ1) is 11.2. The molecule has 0 unspecified atom stereocenters. The van der Waals surface area contributed by atoms with E-state index in [1.807, 2.05) is 11.9 Å². The van der Waals surface area contributed by atoms with Crippen molar-refractivity contribution in [3.8, 4) is 0 Å². The zero-order valence-corrected chi connectivity index (χ0v) is 15.4. The Kier molecular flexibility index (Phi) is 6.01. The summed E-state index contributed by atoms with van der Waals surface area (Å²) in [6.45, 7) is 5.92. The molecular weight excluding hydrogens is 326 g/mol. The molecule has 1 saturated heterocycles. The third-order valence-corrected chi connectivity index (χ3v) is 5.91. The largest absolute Gasteiger partial charge is 0.339 e. The molecule has 1 aliphatic rings. The van der Waals surface area contributed by atoms with Crippen LogP contribution in [-0.4, -0.2) is 45.9 Å². The standard InChI is InChI=1S/C17H27N3O3S/c1-12-10-15(11-16(13(12)2)24(18,22)23)17(21)20-8-5-14(6-9-20)4-7-19-3/h10-11,14,19H,4-9H2,1-3H3,(H2,18,22,23). The molecule has 1 amide bonds. The fourth-order valence-corrected chi connectivity index (χ4v) is 4.08. The molecule has 1 aromatic rings. The van der Waals surface area contributed by atoms with Crippen LogP contribution in [0.1, 0.15) is 40.7 Å². The second-order valence-electron chi connectivity index (χ2n) is 6.59. The second-order valence-corrected chi connectivity index (χ2v) is 8.12. The number of likely N-dealkylation sites (tertiary alicyclic amines) is 1. The molecule has 1 fully saturated rings. The van der Waals surface area contributed by atoms with Gasteiger partial charge in [-0.25, -0.2) is 13.6 Å². The monoisotopic (exact) mass is 353 g/mol. The molecule has 0 radical (unpaired) electrons. The van der Waals surface area contributed by atoms with Crippen molar-refractivity contribution in [2.75, 3.05) is 26.7 Å². The summed E-state index contributed by atoms with van der Waals surface area (Å²) in [7, 11) is -1.89. The van der Waals surface area contributed by atoms with Crippen molar-refractivity contribution < 1.29 is 13.2 Å². The minimum absolute atomic E-state index is 0.0368. The lowest BCUT2D eigenvalue weighted by molar-refractivity contribution is 0.0687. The molecule has 6 nitrogen and oxygen atoms in total. The molecule has 7 heteroatoms. The van der Waals surface area contributed by atoms with Gasteiger partial charge in [-0.3, -0.25) is 4.79 Å². The van der Waals surface area contributed by atoms with E-state index < -0.39 is 10.0 Å². The predicted molar refractivity (Wildman–Crippen MR) is 94.5 cm³/mol. The maximum atomic E-state index is 12.7. The third kappa shape index (κ3) is 4.34. The number of aryl methyl sites for hydroxylation is 1. The van der Waals surface area contributed by atoms with Crippen molar-refractivity contribution in [1.29, 1.82) is 0 Å². The summed E-state index contributed by atoms with van der Waals surface area (Å²) in [6.07, 6.45) is 3.10. The number of piperidine rings is 1. The molecule has 0 bridgehead atoms. The summed E-state index contributed by atoms with van der Waals surface area (Å²) in [6, 6.07) is 3.16. The minimum Gasteiger partial charge on any atom is -0.339 e. The summed E-state index contributed by atoms with van der Waals surface area (Å²) in [5.41, 5.74) is 1.75. The van der Waals surface area contributed by atoms with E-state index in [1.54, 1.807) is 19.9 Å². The Hall–Kier alpha value is -1.44. The normalized spacial score (nSPS) is 16.4. The molecule has 1 heterocycles. The maximum Gasteiger partial charge on any atom is 0.253 e. The van der Waals surface area contributed by atoms with E-state index in [4.69, 9.17) is 5.14 Å². The number of rotatable bonds is 5. The van der Waals surface area contributed by atoms with E-state index in [0.717, 1.165) is 31.4 Å². The van der Waals surface area contributed by atoms with Crippen molar-refractivity contribution in [3.63, 3.8) is 0 Å². The molecule has 1 aliphatic heterocycles. The van der Waals surface area contributed by atoms with Gasteiger partial charge in [0.1, 0.15) is 0 Å². The molecule has 24 heavy (non-hydrogen) atoms. The van der Waals surface area contributed by atoms with Gasteiger partial charge < -0.3 is 10.2 Å². The lowest BCUT2D eigenvalue weighted by Gasteiger charge is -2.32. The van der Waals surface area contributed by atoms with E-state index in [2.05, 4.69) is 5.32 Å². The number of hydrogen-bond acceptors (Lipinski definition) is 4. The van der Waals surface area contributed by atoms with E-state index in [9.17, 15) is 13.2 Å². The van der Waals surface area contributed by atoms with E-state index in [0.29, 0.717) is 30.1 Å². The fourth-order valence-electron chi connectivity index (χ4n) is 3.20. The molecule has 3 N–H and O–H groups in total. The molecule has 134 valence electrons. The van der Waals surface area contributed by atoms with Gasteiger partial charge in [0.15, 0.2) is 0 Å². The Labute approximate surface area is 144 Å². The minimum atomic E-state index is -3.84. The average Bonchev–Trinajstić information content (AvgIpc) is 2.54. The molecule has 0 atom stereocenters. The highest BCUT2D eigenvalue weighted by atomic mass is 32.2. The van der Waals surface area contributed by atoms with Gasteiger partial charge in [0.2, 0.25) is 10.0 Å². The Morgan fingerprint density at radius 2 is 1.92 bits per heavy atom. The van der Waals surface area contributed by atoms with Gasteiger partial charge in [0.25, 0.3) is 5.91 Å². The second kappa shape index (κ2) is 7.63. The Bertz CT molecular complexity index is 708. The van der Waals surface area contributed by atoms with Crippen LogP contribution in [0.2, 0.25) is 0 Å². The number of hydrogen-bond donors (Lipinski definition) is 2. The highest BCUT2D eigenvalue weighted by Gasteiger charge is 2.25. The van der Waals surface area contributed by atoms with E-state index in [-0.39, 0.29) is 10.8 Å². The predicted octanol–water partition coefficient (Wildman–Crippen LogP) is 1.41. The molecule has 0 aromatic heterocycles. The number of sulfonamides is 1. The molecule has 1 aromatic carbocycles. The summed E-state index contributed by atoms with van der Waals surface area (Å²) in [5.74, 6) is 0.524. The van der Waals surface area contributed by atoms with Crippen molar-refractivity contribution >= 4 is 15.9 Å². The van der Waals surface area contributed by atoms with Crippen LogP contribution in [-0.2, 0) is 10.0 Å². The number of nitrogens with two attached hydrogens (primary N) is 1. The van der Waals surface area contributed by atoms with Gasteiger partial charge in [0, 0.05) is 18.7 Å². The van der Waals surface area contributed by atoms with Crippen molar-refractivity contribution in [2.45, 2.75) is 38.0 Å². The quantitative estimate of drug-likeness (QED) is 0.837. The third-order valence-electron chi connectivity index (χ3n) is 4.88. The zero-order chi connectivity index (χ0) is 17.9. The van der Waals surface area contributed by atoms with Crippen LogP contribution in [0.25, 0.3) is 0 Å². The molecule has 2 rings (SSSR count). The van der Waals surface area contributed by atoms with E-state index in [1.165, 1.54) is 6.07 Å². The Balaban J connectivity index is 2.15. The Morgan fingerprint density at radius 3 is 2.46 bits per heavy atom. The summed E-state index contributed by atoms with van der Waals surface area (Å²) >= 11 is 0. The highest BCUT2D eigenvalue weighted by molar-refractivity contribution is 7.89. The van der Waals surface area contributed by atoms with Gasteiger partial charge in [-0.1, -0.05) is 0 Å².